The van der Waals surface area contributed by atoms with Crippen molar-refractivity contribution >= 4 is 47.6 Å². The van der Waals surface area contributed by atoms with Crippen LogP contribution in [0.1, 0.15) is 67.2 Å². The molecule has 0 atom stereocenters. The van der Waals surface area contributed by atoms with E-state index in [1.807, 2.05) is 14.1 Å². The van der Waals surface area contributed by atoms with E-state index >= 15 is 0 Å². The van der Waals surface area contributed by atoms with Crippen LogP contribution in [-0.2, 0) is 0 Å². The molecule has 1 aliphatic rings. The lowest BCUT2D eigenvalue weighted by Gasteiger charge is -2.31. The monoisotopic (exact) mass is 461 g/mol. The summed E-state index contributed by atoms with van der Waals surface area (Å²) in [7, 11) is 1.88. The van der Waals surface area contributed by atoms with Crippen molar-refractivity contribution in [2.75, 3.05) is 11.6 Å². The Labute approximate surface area is 201 Å². The predicted molar refractivity (Wildman–Crippen MR) is 140 cm³/mol. The number of anilines is 1. The zero-order valence-corrected chi connectivity index (χ0v) is 20.9. The highest BCUT2D eigenvalue weighted by atomic mass is 32.2. The van der Waals surface area contributed by atoms with Crippen molar-refractivity contribution in [2.24, 2.45) is 0 Å². The quantitative estimate of drug-likeness (QED) is 0.332. The number of nitrogens with zero attached hydrogens (tertiary/aromatic N) is 3. The summed E-state index contributed by atoms with van der Waals surface area (Å²) < 4.78 is 0. The van der Waals surface area contributed by atoms with E-state index in [4.69, 9.17) is 4.98 Å². The van der Waals surface area contributed by atoms with Crippen molar-refractivity contribution < 1.29 is 4.79 Å². The number of fused-ring (bicyclic) bond motifs is 1. The minimum atomic E-state index is -0.0983. The third-order valence-corrected chi connectivity index (χ3v) is 6.91. The molecule has 0 bridgehead atoms. The van der Waals surface area contributed by atoms with Gasteiger partial charge >= 0.3 is 0 Å². The molecule has 8 heteroatoms. The number of carbonyl (C=O) groups excluding carboxylic acids is 1. The number of amides is 1. The van der Waals surface area contributed by atoms with E-state index in [9.17, 15) is 4.79 Å². The van der Waals surface area contributed by atoms with Crippen LogP contribution in [0.4, 0.5) is 5.69 Å². The molecule has 0 spiro atoms. The van der Waals surface area contributed by atoms with Crippen molar-refractivity contribution in [2.45, 2.75) is 69.6 Å². The molecule has 0 aliphatic heterocycles. The average Bonchev–Trinajstić information content (AvgIpc) is 2.80. The van der Waals surface area contributed by atoms with E-state index in [-0.39, 0.29) is 11.9 Å². The van der Waals surface area contributed by atoms with Gasteiger partial charge in [0, 0.05) is 35.0 Å². The molecule has 6 nitrogen and oxygen atoms in total. The average molecular weight is 461 g/mol. The zero-order chi connectivity index (χ0) is 23.5. The molecule has 1 saturated carbocycles. The summed E-state index contributed by atoms with van der Waals surface area (Å²) in [5.41, 5.74) is 5.84. The largest absolute Gasteiger partial charge is 0.382 e. The Balaban J connectivity index is 1.42. The Morgan fingerprint density at radius 1 is 1.12 bits per heavy atom. The summed E-state index contributed by atoms with van der Waals surface area (Å²) in [6.45, 7) is 6.48. The minimum absolute atomic E-state index is 0.0983. The van der Waals surface area contributed by atoms with Crippen LogP contribution < -0.4 is 16.1 Å². The van der Waals surface area contributed by atoms with Gasteiger partial charge in [-0.25, -0.2) is 9.97 Å². The maximum absolute atomic E-state index is 12.8. The molecule has 2 aromatic heterocycles. The second kappa shape index (κ2) is 10.1. The van der Waals surface area contributed by atoms with Crippen LogP contribution in [0.3, 0.4) is 0 Å². The number of pyridine rings is 1. The molecule has 4 rings (SSSR count). The Morgan fingerprint density at radius 3 is 2.55 bits per heavy atom. The van der Waals surface area contributed by atoms with Crippen LogP contribution in [0.15, 0.2) is 35.6 Å². The van der Waals surface area contributed by atoms with Crippen LogP contribution in [0.2, 0.25) is 0 Å². The lowest BCUT2D eigenvalue weighted by molar-refractivity contribution is 0.0922. The van der Waals surface area contributed by atoms with Gasteiger partial charge in [-0.1, -0.05) is 37.2 Å². The molecule has 1 aliphatic carbocycles. The standard InChI is InChI=1S/C25H32BN5OS/c1-14(2)21-12-22(18-11-15(3)5-10-20(18)30-21)28-16-6-8-17(9-7-16)29-24(32)23-19(26)13-27-25(31-23)33-4/h5,10-14,16-17H,6-9,26H2,1-4H3,(H,28,30)(H,29,32). The maximum Gasteiger partial charge on any atom is 0.269 e. The number of benzene rings is 1. The Hall–Kier alpha value is -2.61. The topological polar surface area (TPSA) is 79.8 Å². The first-order chi connectivity index (χ1) is 15.8. The first kappa shape index (κ1) is 23.5. The van der Waals surface area contributed by atoms with Gasteiger partial charge in [0.25, 0.3) is 5.91 Å². The third-order valence-electron chi connectivity index (χ3n) is 6.34. The van der Waals surface area contributed by atoms with Gasteiger partial charge < -0.3 is 10.6 Å². The Bertz CT molecular complexity index is 1160. The van der Waals surface area contributed by atoms with Gasteiger partial charge in [-0.05, 0) is 68.4 Å². The van der Waals surface area contributed by atoms with E-state index in [2.05, 4.69) is 65.6 Å². The lowest BCUT2D eigenvalue weighted by atomic mass is 9.90. The number of aromatic nitrogens is 3. The number of aryl methyl sites for hydroxylation is 1. The van der Waals surface area contributed by atoms with Crippen molar-refractivity contribution in [3.63, 3.8) is 0 Å². The summed E-state index contributed by atoms with van der Waals surface area (Å²) in [5.74, 6) is 0.276. The lowest BCUT2D eigenvalue weighted by Crippen LogP contribution is -2.42. The van der Waals surface area contributed by atoms with Crippen LogP contribution in [-0.4, -0.2) is 47.0 Å². The number of carbonyl (C=O) groups is 1. The molecular weight excluding hydrogens is 429 g/mol. The number of hydrogen-bond donors (Lipinski definition) is 2. The minimum Gasteiger partial charge on any atom is -0.382 e. The summed E-state index contributed by atoms with van der Waals surface area (Å²) >= 11 is 1.45. The fourth-order valence-electron chi connectivity index (χ4n) is 4.39. The summed E-state index contributed by atoms with van der Waals surface area (Å²) in [5, 5.41) is 8.80. The SMILES string of the molecule is Bc1cnc(SC)nc1C(=O)NC1CCC(Nc2cc(C(C)C)nc3ccc(C)cc23)CC1. The number of thioether (sulfide) groups is 1. The molecule has 0 unspecified atom stereocenters. The Morgan fingerprint density at radius 2 is 1.85 bits per heavy atom. The number of hydrogen-bond acceptors (Lipinski definition) is 6. The van der Waals surface area contributed by atoms with Gasteiger partial charge in [0.15, 0.2) is 5.16 Å². The van der Waals surface area contributed by atoms with E-state index in [0.29, 0.717) is 22.8 Å². The molecule has 1 aromatic carbocycles. The summed E-state index contributed by atoms with van der Waals surface area (Å²) in [4.78, 5) is 26.3. The second-order valence-corrected chi connectivity index (χ2v) is 10.1. The van der Waals surface area contributed by atoms with Gasteiger partial charge in [0.2, 0.25) is 0 Å². The molecule has 0 saturated heterocycles. The fraction of sp³-hybridized carbons (Fsp3) is 0.440. The molecule has 0 radical (unpaired) electrons. The van der Waals surface area contributed by atoms with Gasteiger partial charge in [0.05, 0.1) is 5.52 Å². The summed E-state index contributed by atoms with van der Waals surface area (Å²) in [6, 6.07) is 9.22. The zero-order valence-electron chi connectivity index (χ0n) is 20.1. The van der Waals surface area contributed by atoms with Crippen molar-refractivity contribution in [3.05, 3.63) is 47.4 Å². The normalized spacial score (nSPS) is 18.5. The molecule has 1 amide bonds. The molecule has 1 fully saturated rings. The highest BCUT2D eigenvalue weighted by Gasteiger charge is 2.24. The highest BCUT2D eigenvalue weighted by molar-refractivity contribution is 7.98. The van der Waals surface area contributed by atoms with Gasteiger partial charge in [-0.3, -0.25) is 9.78 Å². The van der Waals surface area contributed by atoms with E-state index in [1.54, 1.807) is 6.20 Å². The second-order valence-electron chi connectivity index (χ2n) is 9.32. The van der Waals surface area contributed by atoms with E-state index in [0.717, 1.165) is 42.4 Å². The molecule has 3 aromatic rings. The van der Waals surface area contributed by atoms with Crippen molar-refractivity contribution in [1.82, 2.24) is 20.3 Å². The number of rotatable bonds is 6. The maximum atomic E-state index is 12.8. The smallest absolute Gasteiger partial charge is 0.269 e. The first-order valence-corrected chi connectivity index (χ1v) is 12.9. The van der Waals surface area contributed by atoms with Crippen LogP contribution in [0.5, 0.6) is 0 Å². The number of nitrogens with one attached hydrogen (secondary N) is 2. The highest BCUT2D eigenvalue weighted by Crippen LogP contribution is 2.30. The molecule has 172 valence electrons. The van der Waals surface area contributed by atoms with Gasteiger partial charge in [-0.15, -0.1) is 0 Å². The van der Waals surface area contributed by atoms with E-state index < -0.39 is 0 Å². The first-order valence-electron chi connectivity index (χ1n) is 11.7. The van der Waals surface area contributed by atoms with Crippen LogP contribution >= 0.6 is 11.8 Å². The summed E-state index contributed by atoms with van der Waals surface area (Å²) in [6.07, 6.45) is 7.55. The van der Waals surface area contributed by atoms with E-state index in [1.165, 1.54) is 28.4 Å². The fourth-order valence-corrected chi connectivity index (χ4v) is 4.73. The molecule has 33 heavy (non-hydrogen) atoms. The molecule has 2 N–H and O–H groups in total. The van der Waals surface area contributed by atoms with Crippen LogP contribution in [0, 0.1) is 6.92 Å². The van der Waals surface area contributed by atoms with Crippen molar-refractivity contribution in [1.29, 1.82) is 0 Å². The van der Waals surface area contributed by atoms with Crippen LogP contribution in [0.25, 0.3) is 10.9 Å². The van der Waals surface area contributed by atoms with Gasteiger partial charge in [-0.2, -0.15) is 0 Å². The molecular formula is C25H32BN5OS. The molecule has 2 heterocycles. The third kappa shape index (κ3) is 5.49. The van der Waals surface area contributed by atoms with Gasteiger partial charge in [0.1, 0.15) is 13.5 Å². The predicted octanol–water partition coefficient (Wildman–Crippen LogP) is 3.59. The van der Waals surface area contributed by atoms with Crippen molar-refractivity contribution in [3.8, 4) is 0 Å². The Kier molecular flexibility index (Phi) is 7.22.